The minimum Gasteiger partial charge on any atom is -0.306 e. The summed E-state index contributed by atoms with van der Waals surface area (Å²) in [7, 11) is 0. The quantitative estimate of drug-likeness (QED) is 0.823. The molecule has 0 aliphatic heterocycles. The van der Waals surface area contributed by atoms with Crippen LogP contribution in [-0.4, -0.2) is 6.54 Å². The molecule has 0 aliphatic carbocycles. The minimum absolute atomic E-state index is 0.115. The maximum atomic E-state index is 14.1. The summed E-state index contributed by atoms with van der Waals surface area (Å²) < 4.78 is 40.7. The van der Waals surface area contributed by atoms with Gasteiger partial charge in [-0.2, -0.15) is 0 Å². The van der Waals surface area contributed by atoms with Crippen LogP contribution in [0, 0.1) is 31.3 Å². The molecule has 112 valence electrons. The van der Waals surface area contributed by atoms with Crippen LogP contribution in [0.15, 0.2) is 30.3 Å². The monoisotopic (exact) mass is 293 g/mol. The fraction of sp³-hybridized carbons (Fsp3) is 0.294. The molecular weight excluding hydrogens is 275 g/mol. The van der Waals surface area contributed by atoms with Crippen molar-refractivity contribution in [1.29, 1.82) is 0 Å². The molecule has 0 amide bonds. The average molecular weight is 293 g/mol. The summed E-state index contributed by atoms with van der Waals surface area (Å²) in [5, 5.41) is 3.14. The number of aryl methyl sites for hydroxylation is 1. The van der Waals surface area contributed by atoms with Gasteiger partial charge in [0.2, 0.25) is 0 Å². The first-order chi connectivity index (χ1) is 9.97. The molecule has 0 fully saturated rings. The Morgan fingerprint density at radius 3 is 2.33 bits per heavy atom. The molecule has 1 N–H and O–H groups in total. The first-order valence-corrected chi connectivity index (χ1v) is 6.90. The van der Waals surface area contributed by atoms with Gasteiger partial charge in [-0.1, -0.05) is 31.2 Å². The molecule has 21 heavy (non-hydrogen) atoms. The third kappa shape index (κ3) is 2.95. The highest BCUT2D eigenvalue weighted by Crippen LogP contribution is 2.29. The van der Waals surface area contributed by atoms with Gasteiger partial charge in [-0.15, -0.1) is 0 Å². The van der Waals surface area contributed by atoms with Crippen LogP contribution in [0.25, 0.3) is 0 Å². The second-order valence-electron chi connectivity index (χ2n) is 5.04. The molecule has 1 nitrogen and oxygen atoms in total. The third-order valence-corrected chi connectivity index (χ3v) is 3.74. The Morgan fingerprint density at radius 2 is 1.67 bits per heavy atom. The lowest BCUT2D eigenvalue weighted by Crippen LogP contribution is -2.24. The highest BCUT2D eigenvalue weighted by Gasteiger charge is 2.23. The van der Waals surface area contributed by atoms with Gasteiger partial charge in [0.15, 0.2) is 17.5 Å². The van der Waals surface area contributed by atoms with Crippen molar-refractivity contribution in [2.45, 2.75) is 26.8 Å². The van der Waals surface area contributed by atoms with Gasteiger partial charge in [0.1, 0.15) is 0 Å². The Balaban J connectivity index is 2.59. The van der Waals surface area contributed by atoms with E-state index in [0.29, 0.717) is 6.54 Å². The fourth-order valence-corrected chi connectivity index (χ4v) is 2.44. The van der Waals surface area contributed by atoms with Crippen molar-refractivity contribution in [2.24, 2.45) is 0 Å². The highest BCUT2D eigenvalue weighted by atomic mass is 19.2. The minimum atomic E-state index is -1.43. The molecule has 2 aromatic carbocycles. The Hall–Kier alpha value is -1.81. The van der Waals surface area contributed by atoms with E-state index in [-0.39, 0.29) is 5.56 Å². The number of rotatable bonds is 4. The fourth-order valence-electron chi connectivity index (χ4n) is 2.44. The maximum Gasteiger partial charge on any atom is 0.194 e. The van der Waals surface area contributed by atoms with Crippen LogP contribution >= 0.6 is 0 Å². The standard InChI is InChI=1S/C17H18F3N/c1-4-21-17(12-7-5-6-10(2)11(12)3)13-8-9-14(18)16(20)15(13)19/h5-9,17,21H,4H2,1-3H3. The Bertz CT molecular complexity index is 653. The van der Waals surface area contributed by atoms with Crippen molar-refractivity contribution >= 4 is 0 Å². The van der Waals surface area contributed by atoms with Crippen molar-refractivity contribution < 1.29 is 13.2 Å². The topological polar surface area (TPSA) is 12.0 Å². The second kappa shape index (κ2) is 6.31. The van der Waals surface area contributed by atoms with Crippen molar-refractivity contribution in [3.8, 4) is 0 Å². The van der Waals surface area contributed by atoms with Crippen LogP contribution in [-0.2, 0) is 0 Å². The number of nitrogens with one attached hydrogen (secondary N) is 1. The third-order valence-electron chi connectivity index (χ3n) is 3.74. The van der Waals surface area contributed by atoms with Crippen LogP contribution in [0.3, 0.4) is 0 Å². The van der Waals surface area contributed by atoms with E-state index >= 15 is 0 Å². The van der Waals surface area contributed by atoms with E-state index in [4.69, 9.17) is 0 Å². The number of halogens is 3. The Kier molecular flexibility index (Phi) is 4.68. The molecule has 1 atom stereocenters. The largest absolute Gasteiger partial charge is 0.306 e. The second-order valence-corrected chi connectivity index (χ2v) is 5.04. The molecule has 0 aromatic heterocycles. The van der Waals surface area contributed by atoms with E-state index in [0.717, 1.165) is 22.8 Å². The van der Waals surface area contributed by atoms with Gasteiger partial charge in [0, 0.05) is 5.56 Å². The van der Waals surface area contributed by atoms with E-state index in [2.05, 4.69) is 5.32 Å². The molecule has 2 aromatic rings. The number of hydrogen-bond acceptors (Lipinski definition) is 1. The summed E-state index contributed by atoms with van der Waals surface area (Å²) in [5.74, 6) is -3.74. The van der Waals surface area contributed by atoms with Gasteiger partial charge in [0.25, 0.3) is 0 Å². The van der Waals surface area contributed by atoms with Crippen LogP contribution in [0.5, 0.6) is 0 Å². The summed E-state index contributed by atoms with van der Waals surface area (Å²) >= 11 is 0. The van der Waals surface area contributed by atoms with Crippen LogP contribution in [0.2, 0.25) is 0 Å². The molecule has 0 bridgehead atoms. The molecule has 0 saturated carbocycles. The molecule has 4 heteroatoms. The average Bonchev–Trinajstić information content (AvgIpc) is 2.46. The normalized spacial score (nSPS) is 12.5. The highest BCUT2D eigenvalue weighted by molar-refractivity contribution is 5.41. The molecule has 0 saturated heterocycles. The van der Waals surface area contributed by atoms with Gasteiger partial charge >= 0.3 is 0 Å². The van der Waals surface area contributed by atoms with Crippen LogP contribution in [0.4, 0.5) is 13.2 Å². The molecule has 2 rings (SSSR count). The zero-order chi connectivity index (χ0) is 15.6. The first kappa shape index (κ1) is 15.6. The molecule has 0 radical (unpaired) electrons. The zero-order valence-corrected chi connectivity index (χ0v) is 12.3. The predicted molar refractivity (Wildman–Crippen MR) is 77.8 cm³/mol. The lowest BCUT2D eigenvalue weighted by Gasteiger charge is -2.22. The van der Waals surface area contributed by atoms with E-state index in [1.165, 1.54) is 6.07 Å². The number of benzene rings is 2. The first-order valence-electron chi connectivity index (χ1n) is 6.90. The van der Waals surface area contributed by atoms with Crippen molar-refractivity contribution in [1.82, 2.24) is 5.32 Å². The van der Waals surface area contributed by atoms with E-state index < -0.39 is 23.5 Å². The summed E-state index contributed by atoms with van der Waals surface area (Å²) in [6, 6.07) is 7.45. The Morgan fingerprint density at radius 1 is 0.952 bits per heavy atom. The van der Waals surface area contributed by atoms with E-state index in [9.17, 15) is 13.2 Å². The van der Waals surface area contributed by atoms with Crippen molar-refractivity contribution in [2.75, 3.05) is 6.54 Å². The van der Waals surface area contributed by atoms with Gasteiger partial charge in [-0.25, -0.2) is 13.2 Å². The van der Waals surface area contributed by atoms with Gasteiger partial charge < -0.3 is 5.32 Å². The molecule has 0 heterocycles. The lowest BCUT2D eigenvalue weighted by atomic mass is 9.92. The SMILES string of the molecule is CCNC(c1cccc(C)c1C)c1ccc(F)c(F)c1F. The van der Waals surface area contributed by atoms with Gasteiger partial charge in [-0.3, -0.25) is 0 Å². The zero-order valence-electron chi connectivity index (χ0n) is 12.3. The van der Waals surface area contributed by atoms with Crippen LogP contribution in [0.1, 0.15) is 35.2 Å². The van der Waals surface area contributed by atoms with E-state index in [1.54, 1.807) is 0 Å². The smallest absolute Gasteiger partial charge is 0.194 e. The van der Waals surface area contributed by atoms with Crippen molar-refractivity contribution in [3.05, 3.63) is 70.0 Å². The lowest BCUT2D eigenvalue weighted by molar-refractivity contribution is 0.433. The van der Waals surface area contributed by atoms with E-state index in [1.807, 2.05) is 39.0 Å². The molecule has 0 aliphatic rings. The summed E-state index contributed by atoms with van der Waals surface area (Å²) in [5.41, 5.74) is 3.05. The van der Waals surface area contributed by atoms with Gasteiger partial charge in [-0.05, 0) is 43.1 Å². The summed E-state index contributed by atoms with van der Waals surface area (Å²) in [6.45, 7) is 6.36. The predicted octanol–water partition coefficient (Wildman–Crippen LogP) is 4.42. The summed E-state index contributed by atoms with van der Waals surface area (Å²) in [6.07, 6.45) is 0. The Labute approximate surface area is 122 Å². The number of hydrogen-bond donors (Lipinski definition) is 1. The molecular formula is C17H18F3N. The van der Waals surface area contributed by atoms with Crippen LogP contribution < -0.4 is 5.32 Å². The van der Waals surface area contributed by atoms with Gasteiger partial charge in [0.05, 0.1) is 6.04 Å². The maximum absolute atomic E-state index is 14.1. The van der Waals surface area contributed by atoms with Crippen molar-refractivity contribution in [3.63, 3.8) is 0 Å². The molecule has 1 unspecified atom stereocenters. The summed E-state index contributed by atoms with van der Waals surface area (Å²) in [4.78, 5) is 0. The molecule has 0 spiro atoms.